The number of aromatic nitrogens is 2. The van der Waals surface area contributed by atoms with E-state index in [0.29, 0.717) is 32.8 Å². The monoisotopic (exact) mass is 385 g/mol. The lowest BCUT2D eigenvalue weighted by molar-refractivity contribution is 0.0622. The second-order valence-electron chi connectivity index (χ2n) is 7.00. The number of hydrogen-bond acceptors (Lipinski definition) is 6. The largest absolute Gasteiger partial charge is 0.378 e. The van der Waals surface area contributed by atoms with Crippen molar-refractivity contribution in [3.63, 3.8) is 0 Å². The van der Waals surface area contributed by atoms with Crippen LogP contribution in [0, 0.1) is 5.82 Å². The Morgan fingerprint density at radius 2 is 1.79 bits per heavy atom. The highest BCUT2D eigenvalue weighted by atomic mass is 19.1. The summed E-state index contributed by atoms with van der Waals surface area (Å²) in [5.41, 5.74) is 1.10. The van der Waals surface area contributed by atoms with Crippen molar-refractivity contribution in [2.75, 3.05) is 57.4 Å². The van der Waals surface area contributed by atoms with Crippen LogP contribution in [0.1, 0.15) is 16.1 Å². The lowest BCUT2D eigenvalue weighted by Gasteiger charge is -2.34. The summed E-state index contributed by atoms with van der Waals surface area (Å²) in [6.07, 6.45) is 1.80. The molecule has 1 aromatic carbocycles. The minimum atomic E-state index is -0.466. The molecule has 0 bridgehead atoms. The van der Waals surface area contributed by atoms with Crippen LogP contribution in [0.25, 0.3) is 0 Å². The maximum atomic E-state index is 13.9. The fourth-order valence-electron chi connectivity index (χ4n) is 3.53. The molecule has 148 valence electrons. The molecule has 3 heterocycles. The topological polar surface area (TPSA) is 61.8 Å². The van der Waals surface area contributed by atoms with Gasteiger partial charge in [-0.15, -0.1) is 0 Å². The highest BCUT2D eigenvalue weighted by Gasteiger charge is 2.24. The van der Waals surface area contributed by atoms with Crippen molar-refractivity contribution in [1.29, 1.82) is 0 Å². The van der Waals surface area contributed by atoms with Gasteiger partial charge in [-0.05, 0) is 18.2 Å². The quantitative estimate of drug-likeness (QED) is 0.793. The van der Waals surface area contributed by atoms with Crippen molar-refractivity contribution in [2.24, 2.45) is 0 Å². The van der Waals surface area contributed by atoms with E-state index in [2.05, 4.69) is 14.8 Å². The van der Waals surface area contributed by atoms with Gasteiger partial charge in [0.05, 0.1) is 24.5 Å². The van der Waals surface area contributed by atoms with Gasteiger partial charge in [0, 0.05) is 52.0 Å². The Morgan fingerprint density at radius 1 is 1.04 bits per heavy atom. The summed E-state index contributed by atoms with van der Waals surface area (Å²) >= 11 is 0. The molecule has 2 fully saturated rings. The Kier molecular flexibility index (Phi) is 5.78. The zero-order valence-electron chi connectivity index (χ0n) is 15.8. The van der Waals surface area contributed by atoms with Gasteiger partial charge in [-0.2, -0.15) is 0 Å². The standard InChI is InChI=1S/C20H24FN5O2/c21-18-4-2-1-3-17(18)19(27)25-9-7-24(8-10-25)15-16-5-6-22-20(23-16)26-11-13-28-14-12-26/h1-6H,7-15H2. The molecular weight excluding hydrogens is 361 g/mol. The minimum absolute atomic E-state index is 0.141. The van der Waals surface area contributed by atoms with Crippen LogP contribution in [0.2, 0.25) is 0 Å². The predicted octanol–water partition coefficient (Wildman–Crippen LogP) is 1.41. The molecule has 4 rings (SSSR count). The van der Waals surface area contributed by atoms with Gasteiger partial charge in [0.15, 0.2) is 0 Å². The fraction of sp³-hybridized carbons (Fsp3) is 0.450. The molecule has 28 heavy (non-hydrogen) atoms. The molecule has 0 N–H and O–H groups in total. The van der Waals surface area contributed by atoms with Crippen LogP contribution >= 0.6 is 0 Å². The number of ether oxygens (including phenoxy) is 1. The smallest absolute Gasteiger partial charge is 0.256 e. The number of rotatable bonds is 4. The van der Waals surface area contributed by atoms with Gasteiger partial charge in [-0.25, -0.2) is 14.4 Å². The Hall–Kier alpha value is -2.58. The number of hydrogen-bond donors (Lipinski definition) is 0. The first-order chi connectivity index (χ1) is 13.7. The third-order valence-electron chi connectivity index (χ3n) is 5.14. The highest BCUT2D eigenvalue weighted by Crippen LogP contribution is 2.15. The molecule has 0 unspecified atom stereocenters. The first kappa shape index (κ1) is 18.8. The number of benzene rings is 1. The number of amides is 1. The normalized spacial score (nSPS) is 18.3. The van der Waals surface area contributed by atoms with Crippen molar-refractivity contribution in [1.82, 2.24) is 19.8 Å². The van der Waals surface area contributed by atoms with Gasteiger partial charge in [0.25, 0.3) is 5.91 Å². The van der Waals surface area contributed by atoms with E-state index in [1.807, 2.05) is 6.07 Å². The molecule has 0 saturated carbocycles. The molecule has 2 aromatic rings. The van der Waals surface area contributed by atoms with Crippen LogP contribution in [-0.4, -0.2) is 78.2 Å². The van der Waals surface area contributed by atoms with Crippen molar-refractivity contribution in [3.8, 4) is 0 Å². The molecule has 1 aromatic heterocycles. The number of nitrogens with zero attached hydrogens (tertiary/aromatic N) is 5. The van der Waals surface area contributed by atoms with Gasteiger partial charge in [-0.1, -0.05) is 12.1 Å². The van der Waals surface area contributed by atoms with E-state index in [4.69, 9.17) is 9.72 Å². The maximum Gasteiger partial charge on any atom is 0.256 e. The van der Waals surface area contributed by atoms with Crippen LogP contribution in [0.5, 0.6) is 0 Å². The second kappa shape index (κ2) is 8.62. The highest BCUT2D eigenvalue weighted by molar-refractivity contribution is 5.94. The van der Waals surface area contributed by atoms with Crippen LogP contribution in [0.15, 0.2) is 36.5 Å². The summed E-state index contributed by atoms with van der Waals surface area (Å²) in [5, 5.41) is 0. The lowest BCUT2D eigenvalue weighted by Crippen LogP contribution is -2.48. The molecule has 0 aliphatic carbocycles. The molecule has 2 aliphatic heterocycles. The van der Waals surface area contributed by atoms with Gasteiger partial charge in [0.2, 0.25) is 5.95 Å². The van der Waals surface area contributed by atoms with Crippen LogP contribution in [-0.2, 0) is 11.3 Å². The molecule has 7 nitrogen and oxygen atoms in total. The van der Waals surface area contributed by atoms with Crippen LogP contribution in [0.3, 0.4) is 0 Å². The predicted molar refractivity (Wildman–Crippen MR) is 103 cm³/mol. The van der Waals surface area contributed by atoms with Crippen molar-refractivity contribution < 1.29 is 13.9 Å². The Balaban J connectivity index is 1.33. The van der Waals surface area contributed by atoms with Crippen LogP contribution in [0.4, 0.5) is 10.3 Å². The number of piperazine rings is 1. The van der Waals surface area contributed by atoms with Crippen molar-refractivity contribution >= 4 is 11.9 Å². The maximum absolute atomic E-state index is 13.9. The third-order valence-corrected chi connectivity index (χ3v) is 5.14. The zero-order valence-corrected chi connectivity index (χ0v) is 15.8. The number of carbonyl (C=O) groups is 1. The van der Waals surface area contributed by atoms with Crippen LogP contribution < -0.4 is 4.90 Å². The Labute approximate surface area is 163 Å². The van der Waals surface area contributed by atoms with Gasteiger partial charge < -0.3 is 14.5 Å². The first-order valence-corrected chi connectivity index (χ1v) is 9.61. The zero-order chi connectivity index (χ0) is 19.3. The molecule has 0 spiro atoms. The SMILES string of the molecule is O=C(c1ccccc1F)N1CCN(Cc2ccnc(N3CCOCC3)n2)CC1. The molecule has 2 aliphatic rings. The lowest BCUT2D eigenvalue weighted by atomic mass is 10.1. The number of anilines is 1. The van der Waals surface area contributed by atoms with E-state index in [1.54, 1.807) is 23.2 Å². The van der Waals surface area contributed by atoms with Crippen molar-refractivity contribution in [3.05, 3.63) is 53.6 Å². The summed E-state index contributed by atoms with van der Waals surface area (Å²) in [4.78, 5) is 27.7. The van der Waals surface area contributed by atoms with E-state index in [9.17, 15) is 9.18 Å². The molecule has 0 radical (unpaired) electrons. The van der Waals surface area contributed by atoms with E-state index >= 15 is 0 Å². The number of halogens is 1. The summed E-state index contributed by atoms with van der Waals surface area (Å²) in [6, 6.07) is 8.08. The summed E-state index contributed by atoms with van der Waals surface area (Å²) < 4.78 is 19.2. The second-order valence-corrected chi connectivity index (χ2v) is 7.00. The van der Waals surface area contributed by atoms with Gasteiger partial charge >= 0.3 is 0 Å². The van der Waals surface area contributed by atoms with Gasteiger partial charge in [0.1, 0.15) is 5.82 Å². The molecule has 1 amide bonds. The van der Waals surface area contributed by atoms with E-state index < -0.39 is 5.82 Å². The summed E-state index contributed by atoms with van der Waals surface area (Å²) in [5.74, 6) is 0.0371. The van der Waals surface area contributed by atoms with E-state index in [-0.39, 0.29) is 11.5 Å². The van der Waals surface area contributed by atoms with E-state index in [0.717, 1.165) is 37.8 Å². The number of carbonyl (C=O) groups excluding carboxylic acids is 1. The summed E-state index contributed by atoms with van der Waals surface area (Å²) in [7, 11) is 0. The molecule has 2 saturated heterocycles. The summed E-state index contributed by atoms with van der Waals surface area (Å²) in [6.45, 7) is 6.34. The Bertz CT molecular complexity index is 820. The van der Waals surface area contributed by atoms with E-state index in [1.165, 1.54) is 12.1 Å². The molecule has 8 heteroatoms. The first-order valence-electron chi connectivity index (χ1n) is 9.61. The fourth-order valence-corrected chi connectivity index (χ4v) is 3.53. The average Bonchev–Trinajstić information content (AvgIpc) is 2.75. The van der Waals surface area contributed by atoms with Crippen molar-refractivity contribution in [2.45, 2.75) is 6.54 Å². The third kappa shape index (κ3) is 4.28. The molecular formula is C20H24FN5O2. The number of morpholine rings is 1. The molecule has 0 atom stereocenters. The Morgan fingerprint density at radius 3 is 2.54 bits per heavy atom. The average molecular weight is 385 g/mol. The minimum Gasteiger partial charge on any atom is -0.378 e. The van der Waals surface area contributed by atoms with Gasteiger partial charge in [-0.3, -0.25) is 9.69 Å².